The SMILES string of the molecule is O=C(CCCCCCCCC(=O)NCCN1CCN(c2nc(NCc3cccs3)c3cc(Cl)ccc3n2)CC1)NCCN1CCN(c2nc(NCc3cccs3)c3cc(Cl)ccc3n2)CC1. The molecule has 4 aromatic heterocycles. The van der Waals surface area contributed by atoms with E-state index in [-0.39, 0.29) is 11.8 Å². The number of benzene rings is 2. The van der Waals surface area contributed by atoms with Crippen LogP contribution in [0.1, 0.15) is 61.1 Å². The molecule has 66 heavy (non-hydrogen) atoms. The van der Waals surface area contributed by atoms with Crippen molar-refractivity contribution in [3.05, 3.63) is 91.2 Å². The van der Waals surface area contributed by atoms with E-state index in [0.29, 0.717) is 49.1 Å². The Balaban J connectivity index is 0.635. The molecule has 4 N–H and O–H groups in total. The van der Waals surface area contributed by atoms with Gasteiger partial charge in [0.1, 0.15) is 11.6 Å². The lowest BCUT2D eigenvalue weighted by atomic mass is 10.1. The first-order valence-electron chi connectivity index (χ1n) is 23.3. The Labute approximate surface area is 405 Å². The van der Waals surface area contributed by atoms with Gasteiger partial charge in [0.25, 0.3) is 0 Å². The number of carbonyl (C=O) groups is 2. The highest BCUT2D eigenvalue weighted by molar-refractivity contribution is 7.10. The van der Waals surface area contributed by atoms with Gasteiger partial charge >= 0.3 is 0 Å². The second kappa shape index (κ2) is 24.3. The number of aromatic nitrogens is 4. The zero-order chi connectivity index (χ0) is 45.5. The van der Waals surface area contributed by atoms with E-state index in [9.17, 15) is 9.59 Å². The van der Waals surface area contributed by atoms with Crippen molar-refractivity contribution < 1.29 is 9.59 Å². The van der Waals surface area contributed by atoms with Crippen molar-refractivity contribution in [1.29, 1.82) is 0 Å². The number of halogens is 2. The molecule has 8 rings (SSSR count). The van der Waals surface area contributed by atoms with E-state index < -0.39 is 0 Å². The van der Waals surface area contributed by atoms with Gasteiger partial charge in [0.05, 0.1) is 24.1 Å². The second-order valence-corrected chi connectivity index (χ2v) is 19.8. The van der Waals surface area contributed by atoms with Gasteiger partial charge in [-0.1, -0.05) is 61.0 Å². The average Bonchev–Trinajstić information content (AvgIpc) is 4.07. The molecule has 0 atom stereocenters. The second-order valence-electron chi connectivity index (χ2n) is 16.9. The van der Waals surface area contributed by atoms with E-state index in [2.05, 4.69) is 75.9 Å². The lowest BCUT2D eigenvalue weighted by Gasteiger charge is -2.35. The molecule has 2 aliphatic heterocycles. The minimum Gasteiger partial charge on any atom is -0.364 e. The molecule has 2 aromatic carbocycles. The monoisotopic (exact) mass is 970 g/mol. The molecule has 0 spiro atoms. The predicted molar refractivity (Wildman–Crippen MR) is 273 cm³/mol. The average molecular weight is 972 g/mol. The Morgan fingerprint density at radius 3 is 1.38 bits per heavy atom. The number of fused-ring (bicyclic) bond motifs is 2. The topological polar surface area (TPSA) is 147 Å². The maximum atomic E-state index is 12.6. The van der Waals surface area contributed by atoms with Crippen molar-refractivity contribution in [2.75, 3.05) is 99.0 Å². The number of hydrogen-bond donors (Lipinski definition) is 4. The maximum absolute atomic E-state index is 12.6. The number of amides is 2. The predicted octanol–water partition coefficient (Wildman–Crippen LogP) is 8.52. The molecule has 2 saturated heterocycles. The maximum Gasteiger partial charge on any atom is 0.227 e. The van der Waals surface area contributed by atoms with Crippen LogP contribution in [0.15, 0.2) is 71.4 Å². The number of unbranched alkanes of at least 4 members (excludes halogenated alkanes) is 5. The largest absolute Gasteiger partial charge is 0.364 e. The van der Waals surface area contributed by atoms with Crippen molar-refractivity contribution in [1.82, 2.24) is 40.4 Å². The number of hydrogen-bond acceptors (Lipinski definition) is 14. The Morgan fingerprint density at radius 2 is 0.970 bits per heavy atom. The number of rotatable bonds is 23. The number of piperazine rings is 2. The van der Waals surface area contributed by atoms with E-state index in [1.165, 1.54) is 9.75 Å². The minimum atomic E-state index is 0.122. The van der Waals surface area contributed by atoms with Gasteiger partial charge in [-0.25, -0.2) is 9.97 Å². The molecule has 0 saturated carbocycles. The zero-order valence-electron chi connectivity index (χ0n) is 37.5. The molecule has 18 heteroatoms. The molecular formula is C48H60Cl2N12O2S2. The van der Waals surface area contributed by atoms with Crippen LogP contribution >= 0.6 is 45.9 Å². The lowest BCUT2D eigenvalue weighted by Crippen LogP contribution is -2.49. The van der Waals surface area contributed by atoms with Gasteiger partial charge in [-0.2, -0.15) is 9.97 Å². The molecule has 2 amide bonds. The summed E-state index contributed by atoms with van der Waals surface area (Å²) in [7, 11) is 0. The third kappa shape index (κ3) is 13.9. The van der Waals surface area contributed by atoms with Crippen molar-refractivity contribution >= 4 is 103 Å². The Bertz CT molecular complexity index is 2310. The van der Waals surface area contributed by atoms with Crippen molar-refractivity contribution in [3.63, 3.8) is 0 Å². The summed E-state index contributed by atoms with van der Waals surface area (Å²) < 4.78 is 0. The fourth-order valence-electron chi connectivity index (χ4n) is 8.40. The molecule has 6 aromatic rings. The van der Waals surface area contributed by atoms with E-state index in [1.807, 2.05) is 36.4 Å². The zero-order valence-corrected chi connectivity index (χ0v) is 40.6. The number of nitrogens with zero attached hydrogens (tertiary/aromatic N) is 8. The fraction of sp³-hybridized carbons (Fsp3) is 0.458. The molecule has 0 radical (unpaired) electrons. The summed E-state index contributed by atoms with van der Waals surface area (Å²) in [5.74, 6) is 3.27. The van der Waals surface area contributed by atoms with E-state index in [1.54, 1.807) is 22.7 Å². The Morgan fingerprint density at radius 1 is 0.545 bits per heavy atom. The number of nitrogens with one attached hydrogen (secondary N) is 4. The molecular weight excluding hydrogens is 912 g/mol. The van der Waals surface area contributed by atoms with Crippen LogP contribution in [0.2, 0.25) is 10.0 Å². The summed E-state index contributed by atoms with van der Waals surface area (Å²) in [6.07, 6.45) is 7.11. The van der Waals surface area contributed by atoms with Crippen molar-refractivity contribution in [2.24, 2.45) is 0 Å². The fourth-order valence-corrected chi connectivity index (χ4v) is 10.0. The number of thiophene rings is 2. The van der Waals surface area contributed by atoms with Crippen LogP contribution in [0.5, 0.6) is 0 Å². The lowest BCUT2D eigenvalue weighted by molar-refractivity contribution is -0.122. The standard InChI is InChI=1S/C48H60Cl2N12O2S2/c49-35-13-15-41-39(31-35)45(53-33-37-9-7-29-65-37)57-47(55-41)61-25-21-59(22-26-61)19-17-51-43(63)11-5-3-1-2-4-6-12-44(64)52-18-20-60-23-27-62(28-24-60)48-56-42-16-14-36(50)32-40(42)46(58-48)54-34-38-10-8-30-66-38/h7-10,13-16,29-32H,1-6,11-12,17-28,33-34H2,(H,51,63)(H,52,64)(H,53,55,57)(H,54,56,58). The van der Waals surface area contributed by atoms with Crippen LogP contribution in [0.4, 0.5) is 23.5 Å². The smallest absolute Gasteiger partial charge is 0.227 e. The van der Waals surface area contributed by atoms with E-state index in [0.717, 1.165) is 149 Å². The first kappa shape index (κ1) is 47.6. The first-order chi connectivity index (χ1) is 32.3. The van der Waals surface area contributed by atoms with Gasteiger partial charge < -0.3 is 31.1 Å². The van der Waals surface area contributed by atoms with Gasteiger partial charge in [0.2, 0.25) is 23.7 Å². The third-order valence-corrected chi connectivity index (χ3v) is 14.4. The molecule has 2 fully saturated rings. The van der Waals surface area contributed by atoms with E-state index in [4.69, 9.17) is 43.1 Å². The van der Waals surface area contributed by atoms with Crippen LogP contribution in [0, 0.1) is 0 Å². The summed E-state index contributed by atoms with van der Waals surface area (Å²) in [5, 5.41) is 20.6. The summed E-state index contributed by atoms with van der Waals surface area (Å²) in [4.78, 5) is 56.5. The molecule has 0 bridgehead atoms. The minimum absolute atomic E-state index is 0.122. The van der Waals surface area contributed by atoms with Gasteiger partial charge in [-0.3, -0.25) is 19.4 Å². The molecule has 14 nitrogen and oxygen atoms in total. The van der Waals surface area contributed by atoms with E-state index >= 15 is 0 Å². The van der Waals surface area contributed by atoms with Crippen LogP contribution in [0.25, 0.3) is 21.8 Å². The summed E-state index contributed by atoms with van der Waals surface area (Å²) >= 11 is 16.1. The third-order valence-electron chi connectivity index (χ3n) is 12.2. The van der Waals surface area contributed by atoms with Gasteiger partial charge in [-0.15, -0.1) is 22.7 Å². The van der Waals surface area contributed by atoms with Crippen LogP contribution in [-0.4, -0.2) is 120 Å². The summed E-state index contributed by atoms with van der Waals surface area (Å²) in [5.41, 5.74) is 1.74. The van der Waals surface area contributed by atoms with Crippen LogP contribution in [0.3, 0.4) is 0 Å². The van der Waals surface area contributed by atoms with Gasteiger partial charge in [0, 0.05) is 122 Å². The van der Waals surface area contributed by atoms with Crippen molar-refractivity contribution in [3.8, 4) is 0 Å². The highest BCUT2D eigenvalue weighted by Crippen LogP contribution is 2.29. The number of anilines is 4. The van der Waals surface area contributed by atoms with Crippen LogP contribution < -0.4 is 31.1 Å². The van der Waals surface area contributed by atoms with Gasteiger partial charge in [0.15, 0.2) is 0 Å². The highest BCUT2D eigenvalue weighted by Gasteiger charge is 2.23. The first-order valence-corrected chi connectivity index (χ1v) is 25.8. The van der Waals surface area contributed by atoms with Gasteiger partial charge in [-0.05, 0) is 72.1 Å². The van der Waals surface area contributed by atoms with Crippen molar-refractivity contribution in [2.45, 2.75) is 64.5 Å². The Hall–Kier alpha value is -4.84. The Kier molecular flexibility index (Phi) is 17.5. The molecule has 6 heterocycles. The quantitative estimate of drug-likeness (QED) is 0.0457. The molecule has 350 valence electrons. The molecule has 0 aliphatic carbocycles. The summed E-state index contributed by atoms with van der Waals surface area (Å²) in [6.45, 7) is 11.1. The molecule has 2 aliphatic rings. The highest BCUT2D eigenvalue weighted by atomic mass is 35.5. The van der Waals surface area contributed by atoms with Crippen LogP contribution in [-0.2, 0) is 22.7 Å². The molecule has 0 unspecified atom stereocenters. The summed E-state index contributed by atoms with van der Waals surface area (Å²) in [6, 6.07) is 19.8. The number of carbonyl (C=O) groups excluding carboxylic acids is 2. The normalized spacial score (nSPS) is 14.8.